The molecular formula is C22H21F2IN4O. The quantitative estimate of drug-likeness (QED) is 0.450. The largest absolute Gasteiger partial charge is 0.371 e. The van der Waals surface area contributed by atoms with Gasteiger partial charge in [-0.3, -0.25) is 4.79 Å². The number of carbonyl (C=O) groups is 1. The summed E-state index contributed by atoms with van der Waals surface area (Å²) < 4.78 is 28.0. The van der Waals surface area contributed by atoms with E-state index in [1.165, 1.54) is 37.9 Å². The lowest BCUT2D eigenvalue weighted by Gasteiger charge is -2.35. The lowest BCUT2D eigenvalue weighted by Crippen LogP contribution is -2.35. The number of anilines is 2. The van der Waals surface area contributed by atoms with Crippen molar-refractivity contribution in [2.75, 3.05) is 23.3 Å². The summed E-state index contributed by atoms with van der Waals surface area (Å²) in [6, 6.07) is 10.7. The Labute approximate surface area is 186 Å². The summed E-state index contributed by atoms with van der Waals surface area (Å²) in [4.78, 5) is 15.4. The molecule has 1 aromatic heterocycles. The molecule has 2 heterocycles. The summed E-state index contributed by atoms with van der Waals surface area (Å²) in [6.07, 6.45) is 6.41. The van der Waals surface area contributed by atoms with Crippen LogP contribution in [-0.2, 0) is 0 Å². The summed E-state index contributed by atoms with van der Waals surface area (Å²) in [5, 5.41) is 7.20. The van der Waals surface area contributed by atoms with Crippen molar-refractivity contribution >= 4 is 50.8 Å². The molecule has 30 heavy (non-hydrogen) atoms. The molecule has 5 nitrogen and oxygen atoms in total. The third kappa shape index (κ3) is 3.66. The van der Waals surface area contributed by atoms with Gasteiger partial charge in [-0.1, -0.05) is 0 Å². The van der Waals surface area contributed by atoms with Gasteiger partial charge in [-0.05, 0) is 90.1 Å². The average Bonchev–Trinajstić information content (AvgIpc) is 3.34. The summed E-state index contributed by atoms with van der Waals surface area (Å²) >= 11 is 2.26. The molecule has 1 aliphatic carbocycles. The van der Waals surface area contributed by atoms with Crippen molar-refractivity contribution in [2.45, 2.75) is 32.2 Å². The molecule has 1 saturated carbocycles. The Balaban J connectivity index is 1.41. The molecule has 2 aromatic carbocycles. The second-order valence-electron chi connectivity index (χ2n) is 8.24. The molecule has 1 amide bonds. The van der Waals surface area contributed by atoms with Crippen molar-refractivity contribution in [3.8, 4) is 0 Å². The molecule has 2 aliphatic rings. The zero-order valence-electron chi connectivity index (χ0n) is 16.2. The molecule has 2 fully saturated rings. The van der Waals surface area contributed by atoms with Gasteiger partial charge in [0.2, 0.25) is 0 Å². The van der Waals surface area contributed by atoms with Gasteiger partial charge in [-0.2, -0.15) is 13.9 Å². The van der Waals surface area contributed by atoms with Gasteiger partial charge in [-0.25, -0.2) is 4.68 Å². The average molecular weight is 522 g/mol. The molecule has 1 N–H and O–H groups in total. The van der Waals surface area contributed by atoms with E-state index < -0.39 is 6.55 Å². The van der Waals surface area contributed by atoms with Crippen molar-refractivity contribution in [3.63, 3.8) is 0 Å². The third-order valence-electron chi connectivity index (χ3n) is 6.37. The van der Waals surface area contributed by atoms with Gasteiger partial charge in [0.05, 0.1) is 23.0 Å². The van der Waals surface area contributed by atoms with E-state index >= 15 is 0 Å². The first-order valence-electron chi connectivity index (χ1n) is 10.1. The number of hydrogen-bond donors (Lipinski definition) is 1. The van der Waals surface area contributed by atoms with Crippen LogP contribution in [-0.4, -0.2) is 28.8 Å². The molecule has 1 spiro atoms. The number of nitrogens with one attached hydrogen (secondary N) is 1. The Hall–Kier alpha value is -2.23. The fraction of sp³-hybridized carbons (Fsp3) is 0.364. The smallest absolute Gasteiger partial charge is 0.333 e. The van der Waals surface area contributed by atoms with Crippen molar-refractivity contribution in [2.24, 2.45) is 5.41 Å². The lowest BCUT2D eigenvalue weighted by molar-refractivity contribution is 0.0615. The van der Waals surface area contributed by atoms with Gasteiger partial charge in [0, 0.05) is 27.7 Å². The van der Waals surface area contributed by atoms with E-state index in [0.29, 0.717) is 26.7 Å². The normalized spacial score (nSPS) is 17.7. The number of piperidine rings is 1. The molecule has 0 atom stereocenters. The first-order chi connectivity index (χ1) is 14.4. The first kappa shape index (κ1) is 19.7. The summed E-state index contributed by atoms with van der Waals surface area (Å²) in [5.41, 5.74) is 2.86. The maximum atomic E-state index is 13.2. The topological polar surface area (TPSA) is 50.2 Å². The lowest BCUT2D eigenvalue weighted by atomic mass is 9.93. The van der Waals surface area contributed by atoms with Crippen LogP contribution < -0.4 is 10.2 Å². The fourth-order valence-corrected chi connectivity index (χ4v) is 4.80. The summed E-state index contributed by atoms with van der Waals surface area (Å²) in [7, 11) is 0. The van der Waals surface area contributed by atoms with Gasteiger partial charge < -0.3 is 10.2 Å². The number of nitrogens with zero attached hydrogens (tertiary/aromatic N) is 3. The zero-order chi connectivity index (χ0) is 20.9. The van der Waals surface area contributed by atoms with Crippen molar-refractivity contribution in [1.29, 1.82) is 0 Å². The number of alkyl halides is 2. The fourth-order valence-electron chi connectivity index (χ4n) is 4.33. The highest BCUT2D eigenvalue weighted by atomic mass is 127. The second-order valence-corrected chi connectivity index (χ2v) is 9.49. The van der Waals surface area contributed by atoms with Crippen LogP contribution in [0, 0.1) is 8.99 Å². The van der Waals surface area contributed by atoms with Crippen LogP contribution in [0.3, 0.4) is 0 Å². The van der Waals surface area contributed by atoms with Gasteiger partial charge in [-0.15, -0.1) is 0 Å². The van der Waals surface area contributed by atoms with Crippen LogP contribution in [0.2, 0.25) is 0 Å². The van der Waals surface area contributed by atoms with Gasteiger partial charge in [0.25, 0.3) is 5.91 Å². The van der Waals surface area contributed by atoms with Crippen LogP contribution in [0.15, 0.2) is 42.6 Å². The number of hydrogen-bond acceptors (Lipinski definition) is 3. The van der Waals surface area contributed by atoms with Gasteiger partial charge in [0.15, 0.2) is 0 Å². The molecular weight excluding hydrogens is 501 g/mol. The zero-order valence-corrected chi connectivity index (χ0v) is 18.4. The maximum absolute atomic E-state index is 13.2. The van der Waals surface area contributed by atoms with Crippen molar-refractivity contribution < 1.29 is 13.6 Å². The number of aromatic nitrogens is 2. The molecule has 5 rings (SSSR count). The predicted molar refractivity (Wildman–Crippen MR) is 121 cm³/mol. The first-order valence-corrected chi connectivity index (χ1v) is 11.1. The van der Waals surface area contributed by atoms with Crippen molar-refractivity contribution in [1.82, 2.24) is 9.78 Å². The van der Waals surface area contributed by atoms with E-state index in [1.54, 1.807) is 12.1 Å². The minimum Gasteiger partial charge on any atom is -0.371 e. The van der Waals surface area contributed by atoms with Crippen LogP contribution in [0.1, 0.15) is 42.6 Å². The van der Waals surface area contributed by atoms with E-state index in [-0.39, 0.29) is 11.4 Å². The van der Waals surface area contributed by atoms with Crippen LogP contribution in [0.4, 0.5) is 20.2 Å². The summed E-state index contributed by atoms with van der Waals surface area (Å²) in [6.45, 7) is -0.815. The van der Waals surface area contributed by atoms with Gasteiger partial charge in [0.1, 0.15) is 0 Å². The Kier molecular flexibility index (Phi) is 4.91. The van der Waals surface area contributed by atoms with E-state index in [1.807, 2.05) is 12.1 Å². The second kappa shape index (κ2) is 7.47. The molecule has 8 heteroatoms. The molecule has 1 saturated heterocycles. The number of halogens is 3. The molecule has 156 valence electrons. The SMILES string of the molecule is O=C(Nc1ccc2cnn(C(F)F)c2c1)c1ccc(I)cc1N1CCC2(CC1)CC2. The third-order valence-corrected chi connectivity index (χ3v) is 7.04. The number of carbonyl (C=O) groups excluding carboxylic acids is 1. The maximum Gasteiger partial charge on any atom is 0.333 e. The molecule has 0 unspecified atom stereocenters. The minimum absolute atomic E-state index is 0.240. The van der Waals surface area contributed by atoms with E-state index in [9.17, 15) is 13.6 Å². The van der Waals surface area contributed by atoms with E-state index in [4.69, 9.17) is 0 Å². The Morgan fingerprint density at radius 3 is 2.57 bits per heavy atom. The number of fused-ring (bicyclic) bond motifs is 1. The molecule has 0 radical (unpaired) electrons. The van der Waals surface area contributed by atoms with Crippen LogP contribution >= 0.6 is 22.6 Å². The predicted octanol–water partition coefficient (Wildman–Crippen LogP) is 5.67. The van der Waals surface area contributed by atoms with E-state index in [0.717, 1.165) is 22.3 Å². The van der Waals surface area contributed by atoms with Gasteiger partial charge >= 0.3 is 6.55 Å². The molecule has 3 aromatic rings. The van der Waals surface area contributed by atoms with Crippen molar-refractivity contribution in [3.05, 3.63) is 51.7 Å². The molecule has 0 bridgehead atoms. The number of amides is 1. The highest BCUT2D eigenvalue weighted by molar-refractivity contribution is 14.1. The monoisotopic (exact) mass is 522 g/mol. The summed E-state index contributed by atoms with van der Waals surface area (Å²) in [5.74, 6) is -0.240. The van der Waals surface area contributed by atoms with E-state index in [2.05, 4.69) is 44.0 Å². The highest BCUT2D eigenvalue weighted by Gasteiger charge is 2.44. The van der Waals surface area contributed by atoms with Crippen LogP contribution in [0.5, 0.6) is 0 Å². The molecule has 1 aliphatic heterocycles. The number of rotatable bonds is 4. The minimum atomic E-state index is -2.73. The van der Waals surface area contributed by atoms with Crippen LogP contribution in [0.25, 0.3) is 10.9 Å². The Morgan fingerprint density at radius 2 is 1.87 bits per heavy atom. The number of benzene rings is 2. The Bertz CT molecular complexity index is 1120. The Morgan fingerprint density at radius 1 is 1.10 bits per heavy atom. The standard InChI is InChI=1S/C22H21F2IN4O/c23-21(24)29-18-12-16(3-1-14(18)13-26-29)27-20(30)17-4-2-15(25)11-19(17)28-9-7-22(5-6-22)8-10-28/h1-4,11-13,21H,5-10H2,(H,27,30). The highest BCUT2D eigenvalue weighted by Crippen LogP contribution is 2.54.